The molecule has 1 atom stereocenters. The van der Waals surface area contributed by atoms with Gasteiger partial charge in [0.1, 0.15) is 12.1 Å². The van der Waals surface area contributed by atoms with Gasteiger partial charge in [0.05, 0.1) is 24.5 Å². The van der Waals surface area contributed by atoms with Gasteiger partial charge in [-0.05, 0) is 28.1 Å². The van der Waals surface area contributed by atoms with Crippen LogP contribution in [0.25, 0.3) is 5.82 Å². The molecule has 0 saturated heterocycles. The van der Waals surface area contributed by atoms with Crippen LogP contribution in [0.3, 0.4) is 0 Å². The molecule has 1 unspecified atom stereocenters. The van der Waals surface area contributed by atoms with E-state index in [9.17, 15) is 0 Å². The van der Waals surface area contributed by atoms with Crippen molar-refractivity contribution in [3.05, 3.63) is 41.0 Å². The summed E-state index contributed by atoms with van der Waals surface area (Å²) in [5.74, 6) is 0.722. The molecule has 3 N–H and O–H groups in total. The first-order valence-corrected chi connectivity index (χ1v) is 5.52. The van der Waals surface area contributed by atoms with Gasteiger partial charge in [-0.3, -0.25) is 4.57 Å². The van der Waals surface area contributed by atoms with Crippen LogP contribution in [-0.4, -0.2) is 26.2 Å². The van der Waals surface area contributed by atoms with Crippen molar-refractivity contribution in [2.24, 2.45) is 5.73 Å². The first-order chi connectivity index (χ1) is 7.72. The molecule has 0 aromatic carbocycles. The molecular formula is C10H11BrN4O. The topological polar surface area (TPSA) is 77.0 Å². The number of aliphatic hydroxyl groups excluding tert-OH is 1. The van der Waals surface area contributed by atoms with E-state index < -0.39 is 6.04 Å². The van der Waals surface area contributed by atoms with Crippen molar-refractivity contribution < 1.29 is 5.11 Å². The fourth-order valence-corrected chi connectivity index (χ4v) is 1.61. The third-order valence-corrected chi connectivity index (χ3v) is 2.67. The van der Waals surface area contributed by atoms with Crippen LogP contribution in [0.2, 0.25) is 0 Å². The molecule has 0 bridgehead atoms. The van der Waals surface area contributed by atoms with E-state index in [1.165, 1.54) is 0 Å². The summed E-state index contributed by atoms with van der Waals surface area (Å²) in [7, 11) is 0. The minimum atomic E-state index is -0.451. The normalized spacial score (nSPS) is 12.7. The van der Waals surface area contributed by atoms with Crippen LogP contribution >= 0.6 is 15.9 Å². The van der Waals surface area contributed by atoms with E-state index in [1.54, 1.807) is 23.3 Å². The monoisotopic (exact) mass is 282 g/mol. The second kappa shape index (κ2) is 4.73. The summed E-state index contributed by atoms with van der Waals surface area (Å²) in [5, 5.41) is 9.03. The lowest BCUT2D eigenvalue weighted by molar-refractivity contribution is 0.265. The Morgan fingerprint density at radius 3 is 2.88 bits per heavy atom. The second-order valence-corrected chi connectivity index (χ2v) is 4.23. The lowest BCUT2D eigenvalue weighted by Crippen LogP contribution is -2.18. The maximum absolute atomic E-state index is 9.03. The number of imidazole rings is 1. The quantitative estimate of drug-likeness (QED) is 0.881. The van der Waals surface area contributed by atoms with E-state index in [-0.39, 0.29) is 6.61 Å². The average Bonchev–Trinajstić information content (AvgIpc) is 2.78. The fourth-order valence-electron chi connectivity index (χ4n) is 1.38. The Morgan fingerprint density at radius 2 is 2.25 bits per heavy atom. The fraction of sp³-hybridized carbons (Fsp3) is 0.200. The molecule has 2 heterocycles. The van der Waals surface area contributed by atoms with Crippen LogP contribution in [-0.2, 0) is 0 Å². The molecule has 0 aliphatic rings. The number of aliphatic hydroxyl groups is 1. The van der Waals surface area contributed by atoms with Crippen LogP contribution in [0, 0.1) is 0 Å². The van der Waals surface area contributed by atoms with Crippen molar-refractivity contribution in [2.45, 2.75) is 6.04 Å². The summed E-state index contributed by atoms with van der Waals surface area (Å²) < 4.78 is 2.66. The number of nitrogens with zero attached hydrogens (tertiary/aromatic N) is 3. The van der Waals surface area contributed by atoms with Gasteiger partial charge in [0.25, 0.3) is 0 Å². The molecule has 2 aromatic rings. The average molecular weight is 283 g/mol. The minimum absolute atomic E-state index is 0.123. The molecule has 0 fully saturated rings. The molecule has 2 rings (SSSR count). The summed E-state index contributed by atoms with van der Waals surface area (Å²) in [4.78, 5) is 8.25. The predicted molar refractivity (Wildman–Crippen MR) is 63.1 cm³/mol. The molecule has 0 radical (unpaired) electrons. The highest BCUT2D eigenvalue weighted by Crippen LogP contribution is 2.16. The van der Waals surface area contributed by atoms with Gasteiger partial charge in [-0.2, -0.15) is 0 Å². The van der Waals surface area contributed by atoms with Crippen LogP contribution in [0.1, 0.15) is 11.7 Å². The zero-order chi connectivity index (χ0) is 11.5. The molecule has 5 nitrogen and oxygen atoms in total. The lowest BCUT2D eigenvalue weighted by Gasteiger charge is -2.11. The van der Waals surface area contributed by atoms with E-state index in [0.29, 0.717) is 0 Å². The number of halogens is 1. The number of aromatic nitrogens is 3. The molecule has 6 heteroatoms. The number of rotatable bonds is 3. The molecule has 0 amide bonds. The number of pyridine rings is 1. The largest absolute Gasteiger partial charge is 0.394 e. The van der Waals surface area contributed by atoms with Gasteiger partial charge < -0.3 is 10.8 Å². The molecule has 0 aliphatic heterocycles. The van der Waals surface area contributed by atoms with Crippen molar-refractivity contribution in [2.75, 3.05) is 6.61 Å². The first kappa shape index (κ1) is 11.3. The number of hydrogen-bond donors (Lipinski definition) is 2. The van der Waals surface area contributed by atoms with Gasteiger partial charge in [-0.1, -0.05) is 0 Å². The van der Waals surface area contributed by atoms with Crippen LogP contribution in [0.15, 0.2) is 35.3 Å². The van der Waals surface area contributed by atoms with E-state index >= 15 is 0 Å². The zero-order valence-electron chi connectivity index (χ0n) is 8.42. The maximum atomic E-state index is 9.03. The lowest BCUT2D eigenvalue weighted by atomic mass is 10.2. The Balaban J connectivity index is 2.40. The third kappa shape index (κ3) is 2.13. The predicted octanol–water partition coefficient (Wildman–Crippen LogP) is 1.02. The molecule has 16 heavy (non-hydrogen) atoms. The van der Waals surface area contributed by atoms with Crippen molar-refractivity contribution in [3.63, 3.8) is 0 Å². The summed E-state index contributed by atoms with van der Waals surface area (Å²) in [5.41, 5.74) is 6.49. The Kier molecular flexibility index (Phi) is 3.33. The van der Waals surface area contributed by atoms with Crippen molar-refractivity contribution in [1.29, 1.82) is 0 Å². The smallest absolute Gasteiger partial charge is 0.138 e. The highest BCUT2D eigenvalue weighted by molar-refractivity contribution is 9.10. The molecule has 2 aromatic heterocycles. The highest BCUT2D eigenvalue weighted by atomic mass is 79.9. The third-order valence-electron chi connectivity index (χ3n) is 2.20. The van der Waals surface area contributed by atoms with Crippen LogP contribution in [0.5, 0.6) is 0 Å². The van der Waals surface area contributed by atoms with Gasteiger partial charge in [-0.25, -0.2) is 9.97 Å². The van der Waals surface area contributed by atoms with Crippen molar-refractivity contribution in [3.8, 4) is 5.82 Å². The summed E-state index contributed by atoms with van der Waals surface area (Å²) in [6, 6.07) is 3.28. The summed E-state index contributed by atoms with van der Waals surface area (Å²) in [6.45, 7) is -0.123. The molecule has 0 saturated carbocycles. The summed E-state index contributed by atoms with van der Waals surface area (Å²) >= 11 is 3.32. The van der Waals surface area contributed by atoms with Gasteiger partial charge >= 0.3 is 0 Å². The van der Waals surface area contributed by atoms with Crippen molar-refractivity contribution >= 4 is 15.9 Å². The Hall–Kier alpha value is -1.24. The highest BCUT2D eigenvalue weighted by Gasteiger charge is 2.12. The second-order valence-electron chi connectivity index (χ2n) is 3.31. The Labute approximate surface area is 101 Å². The Bertz CT molecular complexity index is 468. The first-order valence-electron chi connectivity index (χ1n) is 4.73. The maximum Gasteiger partial charge on any atom is 0.138 e. The van der Waals surface area contributed by atoms with E-state index in [1.807, 2.05) is 12.1 Å². The van der Waals surface area contributed by atoms with Gasteiger partial charge in [0.2, 0.25) is 0 Å². The van der Waals surface area contributed by atoms with E-state index in [4.69, 9.17) is 10.8 Å². The molecule has 84 valence electrons. The standard InChI is InChI=1S/C10H11BrN4O/c11-7-1-2-10(14-3-7)15-6-13-4-9(15)8(12)5-16/h1-4,6,8,16H,5,12H2. The van der Waals surface area contributed by atoms with Crippen LogP contribution in [0.4, 0.5) is 0 Å². The van der Waals surface area contributed by atoms with Gasteiger partial charge in [-0.15, -0.1) is 0 Å². The minimum Gasteiger partial charge on any atom is -0.394 e. The summed E-state index contributed by atoms with van der Waals surface area (Å²) in [6.07, 6.45) is 4.95. The van der Waals surface area contributed by atoms with Crippen molar-refractivity contribution in [1.82, 2.24) is 14.5 Å². The molecular weight excluding hydrogens is 272 g/mol. The number of nitrogens with two attached hydrogens (primary N) is 1. The SMILES string of the molecule is NC(CO)c1cncn1-c1ccc(Br)cn1. The number of hydrogen-bond acceptors (Lipinski definition) is 4. The van der Waals surface area contributed by atoms with Gasteiger partial charge in [0.15, 0.2) is 0 Å². The molecule has 0 aliphatic carbocycles. The van der Waals surface area contributed by atoms with E-state index in [0.717, 1.165) is 16.0 Å². The van der Waals surface area contributed by atoms with Crippen LogP contribution < -0.4 is 5.73 Å². The van der Waals surface area contributed by atoms with E-state index in [2.05, 4.69) is 25.9 Å². The zero-order valence-corrected chi connectivity index (χ0v) is 10.0. The molecule has 0 spiro atoms. The van der Waals surface area contributed by atoms with Gasteiger partial charge in [0, 0.05) is 10.7 Å². The Morgan fingerprint density at radius 1 is 1.44 bits per heavy atom.